The molecule has 1 amide bonds. The van der Waals surface area contributed by atoms with Gasteiger partial charge in [0.25, 0.3) is 0 Å². The molecule has 118 valence electrons. The van der Waals surface area contributed by atoms with E-state index in [-0.39, 0.29) is 12.0 Å². The minimum Gasteiger partial charge on any atom is -0.454 e. The maximum absolute atomic E-state index is 12.3. The van der Waals surface area contributed by atoms with Gasteiger partial charge >= 0.3 is 5.97 Å². The molecular formula is C18H17NO3S. The van der Waals surface area contributed by atoms with E-state index in [1.165, 1.54) is 0 Å². The van der Waals surface area contributed by atoms with E-state index in [9.17, 15) is 9.59 Å². The van der Waals surface area contributed by atoms with Crippen molar-refractivity contribution in [3.05, 3.63) is 59.7 Å². The van der Waals surface area contributed by atoms with Gasteiger partial charge in [-0.05, 0) is 30.7 Å². The van der Waals surface area contributed by atoms with E-state index in [1.54, 1.807) is 23.9 Å². The van der Waals surface area contributed by atoms with Crippen LogP contribution in [0.5, 0.6) is 0 Å². The summed E-state index contributed by atoms with van der Waals surface area (Å²) in [5.41, 5.74) is 2.06. The molecule has 0 bridgehead atoms. The number of carbonyl (C=O) groups is 2. The van der Waals surface area contributed by atoms with Gasteiger partial charge in [-0.15, -0.1) is 11.8 Å². The number of amides is 1. The number of rotatable bonds is 3. The lowest BCUT2D eigenvalue weighted by Crippen LogP contribution is -2.12. The van der Waals surface area contributed by atoms with Crippen LogP contribution >= 0.6 is 11.8 Å². The van der Waals surface area contributed by atoms with E-state index in [0.717, 1.165) is 16.2 Å². The Kier molecular flexibility index (Phi) is 4.67. The van der Waals surface area contributed by atoms with Crippen LogP contribution in [0.15, 0.2) is 53.4 Å². The fourth-order valence-electron chi connectivity index (χ4n) is 2.37. The first-order valence-electron chi connectivity index (χ1n) is 7.46. The van der Waals surface area contributed by atoms with E-state index in [2.05, 4.69) is 5.32 Å². The molecule has 3 rings (SSSR count). The van der Waals surface area contributed by atoms with Gasteiger partial charge in [0.2, 0.25) is 5.91 Å². The summed E-state index contributed by atoms with van der Waals surface area (Å²) in [5, 5.41) is 2.84. The van der Waals surface area contributed by atoms with Gasteiger partial charge in [0.1, 0.15) is 6.10 Å². The highest BCUT2D eigenvalue weighted by molar-refractivity contribution is 7.99. The molecule has 0 fully saturated rings. The van der Waals surface area contributed by atoms with Crippen molar-refractivity contribution in [2.75, 3.05) is 11.1 Å². The van der Waals surface area contributed by atoms with Crippen LogP contribution < -0.4 is 5.32 Å². The predicted molar refractivity (Wildman–Crippen MR) is 90.7 cm³/mol. The number of ether oxygens (including phenoxy) is 1. The second-order valence-corrected chi connectivity index (χ2v) is 6.45. The molecule has 0 saturated carbocycles. The Morgan fingerprint density at radius 3 is 2.78 bits per heavy atom. The molecule has 1 heterocycles. The average molecular weight is 327 g/mol. The molecule has 1 aliphatic heterocycles. The minimum atomic E-state index is -0.396. The molecule has 0 unspecified atom stereocenters. The van der Waals surface area contributed by atoms with Gasteiger partial charge in [0.05, 0.1) is 11.3 Å². The van der Waals surface area contributed by atoms with Crippen LogP contribution in [-0.4, -0.2) is 17.6 Å². The van der Waals surface area contributed by atoms with Crippen molar-refractivity contribution in [2.45, 2.75) is 24.3 Å². The van der Waals surface area contributed by atoms with Crippen LogP contribution in [0.2, 0.25) is 0 Å². The second-order valence-electron chi connectivity index (χ2n) is 5.32. The van der Waals surface area contributed by atoms with Gasteiger partial charge in [-0.3, -0.25) is 4.79 Å². The van der Waals surface area contributed by atoms with Gasteiger partial charge in [-0.2, -0.15) is 0 Å². The summed E-state index contributed by atoms with van der Waals surface area (Å²) < 4.78 is 5.51. The highest BCUT2D eigenvalue weighted by Crippen LogP contribution is 2.32. The third-order valence-corrected chi connectivity index (χ3v) is 4.70. The quantitative estimate of drug-likeness (QED) is 0.865. The summed E-state index contributed by atoms with van der Waals surface area (Å²) in [5.74, 6) is 0.320. The number of thioether (sulfide) groups is 1. The third-order valence-electron chi connectivity index (χ3n) is 3.63. The predicted octanol–water partition coefficient (Wildman–Crippen LogP) is 4.04. The Morgan fingerprint density at radius 1 is 1.22 bits per heavy atom. The highest BCUT2D eigenvalue weighted by Gasteiger charge is 2.18. The fraction of sp³-hybridized carbons (Fsp3) is 0.222. The second kappa shape index (κ2) is 6.87. The smallest absolute Gasteiger partial charge is 0.338 e. The van der Waals surface area contributed by atoms with Crippen molar-refractivity contribution in [1.82, 2.24) is 0 Å². The summed E-state index contributed by atoms with van der Waals surface area (Å²) >= 11 is 1.61. The van der Waals surface area contributed by atoms with Crippen LogP contribution in [-0.2, 0) is 9.53 Å². The van der Waals surface area contributed by atoms with E-state index in [1.807, 2.05) is 43.3 Å². The van der Waals surface area contributed by atoms with Gasteiger partial charge in [0.15, 0.2) is 0 Å². The SMILES string of the molecule is C[C@@H](OC(=O)c1ccc2c(c1)NC(=O)CCS2)c1ccccc1. The molecule has 1 aliphatic rings. The van der Waals surface area contributed by atoms with Gasteiger partial charge in [-0.25, -0.2) is 4.79 Å². The third kappa shape index (κ3) is 3.74. The lowest BCUT2D eigenvalue weighted by Gasteiger charge is -2.14. The normalized spacial score (nSPS) is 15.1. The highest BCUT2D eigenvalue weighted by atomic mass is 32.2. The first kappa shape index (κ1) is 15.6. The first-order valence-corrected chi connectivity index (χ1v) is 8.44. The maximum atomic E-state index is 12.3. The van der Waals surface area contributed by atoms with Crippen LogP contribution in [0.1, 0.15) is 35.4 Å². The zero-order valence-electron chi connectivity index (χ0n) is 12.7. The van der Waals surface area contributed by atoms with Crippen LogP contribution in [0.4, 0.5) is 5.69 Å². The molecule has 0 saturated heterocycles. The molecule has 4 nitrogen and oxygen atoms in total. The monoisotopic (exact) mass is 327 g/mol. The molecule has 2 aromatic rings. The van der Waals surface area contributed by atoms with Crippen molar-refractivity contribution in [2.24, 2.45) is 0 Å². The molecule has 0 aromatic heterocycles. The lowest BCUT2D eigenvalue weighted by atomic mass is 10.1. The average Bonchev–Trinajstić information content (AvgIpc) is 2.75. The fourth-order valence-corrected chi connectivity index (χ4v) is 3.30. The van der Waals surface area contributed by atoms with Gasteiger partial charge in [-0.1, -0.05) is 30.3 Å². The Hall–Kier alpha value is -2.27. The van der Waals surface area contributed by atoms with Gasteiger partial charge in [0, 0.05) is 17.1 Å². The number of hydrogen-bond donors (Lipinski definition) is 1. The maximum Gasteiger partial charge on any atom is 0.338 e. The van der Waals surface area contributed by atoms with Crippen LogP contribution in [0, 0.1) is 0 Å². The van der Waals surface area contributed by atoms with Crippen LogP contribution in [0.3, 0.4) is 0 Å². The summed E-state index contributed by atoms with van der Waals surface area (Å²) in [6, 6.07) is 14.9. The topological polar surface area (TPSA) is 55.4 Å². The molecule has 2 aromatic carbocycles. The summed E-state index contributed by atoms with van der Waals surface area (Å²) in [4.78, 5) is 25.0. The zero-order chi connectivity index (χ0) is 16.2. The molecule has 5 heteroatoms. The number of nitrogens with one attached hydrogen (secondary N) is 1. The zero-order valence-corrected chi connectivity index (χ0v) is 13.6. The molecule has 1 N–H and O–H groups in total. The lowest BCUT2D eigenvalue weighted by molar-refractivity contribution is -0.115. The number of fused-ring (bicyclic) bond motifs is 1. The molecule has 0 spiro atoms. The van der Waals surface area contributed by atoms with Gasteiger partial charge < -0.3 is 10.1 Å². The molecule has 23 heavy (non-hydrogen) atoms. The Morgan fingerprint density at radius 2 is 2.00 bits per heavy atom. The van der Waals surface area contributed by atoms with Crippen molar-refractivity contribution in [3.8, 4) is 0 Å². The summed E-state index contributed by atoms with van der Waals surface area (Å²) in [6.45, 7) is 1.84. The van der Waals surface area contributed by atoms with E-state index < -0.39 is 5.97 Å². The van der Waals surface area contributed by atoms with Crippen molar-refractivity contribution >= 4 is 29.3 Å². The van der Waals surface area contributed by atoms with Crippen molar-refractivity contribution in [1.29, 1.82) is 0 Å². The number of carbonyl (C=O) groups excluding carboxylic acids is 2. The van der Waals surface area contributed by atoms with Crippen LogP contribution in [0.25, 0.3) is 0 Å². The Bertz CT molecular complexity index is 730. The largest absolute Gasteiger partial charge is 0.454 e. The standard InChI is InChI=1S/C18H17NO3S/c1-12(13-5-3-2-4-6-13)22-18(21)14-7-8-16-15(11-14)19-17(20)9-10-23-16/h2-8,11-12H,9-10H2,1H3,(H,19,20)/t12-/m1/s1. The Balaban J connectivity index is 1.76. The number of esters is 1. The summed E-state index contributed by atoms with van der Waals surface area (Å²) in [7, 11) is 0. The number of anilines is 1. The molecule has 0 radical (unpaired) electrons. The summed E-state index contributed by atoms with van der Waals surface area (Å²) in [6.07, 6.45) is 0.149. The number of hydrogen-bond acceptors (Lipinski definition) is 4. The van der Waals surface area contributed by atoms with Crippen molar-refractivity contribution < 1.29 is 14.3 Å². The molecule has 1 atom stereocenters. The molecule has 0 aliphatic carbocycles. The van der Waals surface area contributed by atoms with Crippen molar-refractivity contribution in [3.63, 3.8) is 0 Å². The van der Waals surface area contributed by atoms with E-state index in [4.69, 9.17) is 4.74 Å². The first-order chi connectivity index (χ1) is 11.1. The Labute approximate surface area is 139 Å². The minimum absolute atomic E-state index is 0.0283. The number of benzene rings is 2. The van der Waals surface area contributed by atoms with E-state index >= 15 is 0 Å². The van der Waals surface area contributed by atoms with E-state index in [0.29, 0.717) is 17.7 Å². The molecular weight excluding hydrogens is 310 g/mol.